The predicted octanol–water partition coefficient (Wildman–Crippen LogP) is 3.49. The van der Waals surface area contributed by atoms with E-state index in [1.807, 2.05) is 0 Å². The molecule has 0 amide bonds. The van der Waals surface area contributed by atoms with Gasteiger partial charge in [0.25, 0.3) is 5.69 Å². The van der Waals surface area contributed by atoms with E-state index in [4.69, 9.17) is 16.3 Å². The summed E-state index contributed by atoms with van der Waals surface area (Å²) in [7, 11) is 0. The quantitative estimate of drug-likeness (QED) is 0.689. The Morgan fingerprint density at radius 2 is 2.15 bits per heavy atom. The van der Waals surface area contributed by atoms with Crippen molar-refractivity contribution in [3.8, 4) is 11.6 Å². The van der Waals surface area contributed by atoms with Gasteiger partial charge in [0.05, 0.1) is 11.0 Å². The predicted molar refractivity (Wildman–Crippen MR) is 73.1 cm³/mol. The average Bonchev–Trinajstić information content (AvgIpc) is 2.39. The average molecular weight is 295 g/mol. The minimum atomic E-state index is -0.606. The van der Waals surface area contributed by atoms with E-state index in [0.717, 1.165) is 0 Å². The molecule has 0 aliphatic rings. The number of aromatic nitrogens is 1. The van der Waals surface area contributed by atoms with Crippen molar-refractivity contribution in [2.45, 2.75) is 13.0 Å². The minimum absolute atomic E-state index is 0.00639. The van der Waals surface area contributed by atoms with Gasteiger partial charge in [-0.05, 0) is 24.6 Å². The Bertz CT molecular complexity index is 629. The highest BCUT2D eigenvalue weighted by molar-refractivity contribution is 6.32. The molecular weight excluding hydrogens is 284 g/mol. The van der Waals surface area contributed by atoms with Crippen molar-refractivity contribution in [2.75, 3.05) is 0 Å². The molecule has 0 aliphatic heterocycles. The van der Waals surface area contributed by atoms with Crippen molar-refractivity contribution in [1.82, 2.24) is 4.98 Å². The molecule has 104 valence electrons. The van der Waals surface area contributed by atoms with Crippen LogP contribution in [0.5, 0.6) is 11.6 Å². The Kier molecular flexibility index (Phi) is 4.16. The number of nitro benzene ring substituents is 1. The molecule has 0 spiro atoms. The fraction of sp³-hybridized carbons (Fsp3) is 0.154. The van der Waals surface area contributed by atoms with Crippen LogP contribution < -0.4 is 4.74 Å². The van der Waals surface area contributed by atoms with Crippen molar-refractivity contribution in [3.05, 3.63) is 57.2 Å². The lowest BCUT2D eigenvalue weighted by Crippen LogP contribution is -1.94. The molecule has 0 radical (unpaired) electrons. The van der Waals surface area contributed by atoms with E-state index in [1.54, 1.807) is 19.1 Å². The van der Waals surface area contributed by atoms with Gasteiger partial charge in [-0.25, -0.2) is 4.98 Å². The smallest absolute Gasteiger partial charge is 0.288 e. The molecule has 1 aromatic heterocycles. The van der Waals surface area contributed by atoms with Crippen LogP contribution in [-0.2, 0) is 0 Å². The SMILES string of the molecule is C[C@@H](O)c1ccc(Oc2ccc([N+](=O)[O-])c(Cl)c2)nc1. The maximum Gasteiger partial charge on any atom is 0.288 e. The fourth-order valence-electron chi connectivity index (χ4n) is 1.52. The van der Waals surface area contributed by atoms with E-state index in [2.05, 4.69) is 4.98 Å². The Balaban J connectivity index is 2.17. The van der Waals surface area contributed by atoms with Crippen LogP contribution in [0.15, 0.2) is 36.5 Å². The lowest BCUT2D eigenvalue weighted by molar-refractivity contribution is -0.384. The Morgan fingerprint density at radius 3 is 2.65 bits per heavy atom. The lowest BCUT2D eigenvalue weighted by atomic mass is 10.2. The molecule has 1 atom stereocenters. The summed E-state index contributed by atoms with van der Waals surface area (Å²) in [5.41, 5.74) is 0.482. The summed E-state index contributed by atoms with van der Waals surface area (Å²) < 4.78 is 5.43. The second-order valence-electron chi connectivity index (χ2n) is 4.08. The Labute approximate surface area is 119 Å². The van der Waals surface area contributed by atoms with Gasteiger partial charge in [-0.1, -0.05) is 11.6 Å². The number of hydrogen-bond donors (Lipinski definition) is 1. The third-order valence-corrected chi connectivity index (χ3v) is 2.88. The van der Waals surface area contributed by atoms with Crippen molar-refractivity contribution in [1.29, 1.82) is 0 Å². The summed E-state index contributed by atoms with van der Waals surface area (Å²) in [5.74, 6) is 0.650. The largest absolute Gasteiger partial charge is 0.439 e. The van der Waals surface area contributed by atoms with Crippen LogP contribution in [0.3, 0.4) is 0 Å². The van der Waals surface area contributed by atoms with Crippen LogP contribution in [0.2, 0.25) is 5.02 Å². The summed E-state index contributed by atoms with van der Waals surface area (Å²) in [6, 6.07) is 7.33. The number of aliphatic hydroxyl groups is 1. The molecule has 0 saturated carbocycles. The highest BCUT2D eigenvalue weighted by Crippen LogP contribution is 2.30. The number of aliphatic hydroxyl groups excluding tert-OH is 1. The number of rotatable bonds is 4. The van der Waals surface area contributed by atoms with Gasteiger partial charge in [-0.2, -0.15) is 0 Å². The molecule has 6 nitrogen and oxygen atoms in total. The minimum Gasteiger partial charge on any atom is -0.439 e. The van der Waals surface area contributed by atoms with Gasteiger partial charge in [0.1, 0.15) is 10.8 Å². The highest BCUT2D eigenvalue weighted by atomic mass is 35.5. The maximum absolute atomic E-state index is 10.6. The first-order valence-electron chi connectivity index (χ1n) is 5.73. The van der Waals surface area contributed by atoms with Gasteiger partial charge in [-0.3, -0.25) is 10.1 Å². The van der Waals surface area contributed by atoms with E-state index in [9.17, 15) is 15.2 Å². The van der Waals surface area contributed by atoms with Gasteiger partial charge >= 0.3 is 0 Å². The number of ether oxygens (including phenoxy) is 1. The molecule has 2 rings (SSSR count). The van der Waals surface area contributed by atoms with E-state index >= 15 is 0 Å². The van der Waals surface area contributed by atoms with E-state index in [1.165, 1.54) is 24.4 Å². The van der Waals surface area contributed by atoms with Crippen LogP contribution in [0.25, 0.3) is 0 Å². The molecule has 0 saturated heterocycles. The van der Waals surface area contributed by atoms with Crippen molar-refractivity contribution in [2.24, 2.45) is 0 Å². The van der Waals surface area contributed by atoms with Gasteiger partial charge < -0.3 is 9.84 Å². The summed E-state index contributed by atoms with van der Waals surface area (Å²) in [5, 5.41) is 20.0. The standard InChI is InChI=1S/C13H11ClN2O4/c1-8(17)9-2-5-13(15-7-9)20-10-3-4-12(16(18)19)11(14)6-10/h2-8,17H,1H3/t8-/m1/s1. The second-order valence-corrected chi connectivity index (χ2v) is 4.49. The van der Waals surface area contributed by atoms with Crippen molar-refractivity contribution >= 4 is 17.3 Å². The van der Waals surface area contributed by atoms with E-state index in [0.29, 0.717) is 17.2 Å². The molecule has 0 fully saturated rings. The van der Waals surface area contributed by atoms with Gasteiger partial charge in [0.2, 0.25) is 5.88 Å². The van der Waals surface area contributed by atoms with Gasteiger partial charge in [0.15, 0.2) is 0 Å². The van der Waals surface area contributed by atoms with Gasteiger partial charge in [0, 0.05) is 24.4 Å². The van der Waals surface area contributed by atoms with Crippen molar-refractivity contribution in [3.63, 3.8) is 0 Å². The first-order chi connectivity index (χ1) is 9.47. The Hall–Kier alpha value is -2.18. The molecule has 0 bridgehead atoms. The number of halogens is 1. The molecule has 1 heterocycles. The molecule has 0 unspecified atom stereocenters. The van der Waals surface area contributed by atoms with Crippen LogP contribution in [-0.4, -0.2) is 15.0 Å². The van der Waals surface area contributed by atoms with Gasteiger partial charge in [-0.15, -0.1) is 0 Å². The number of pyridine rings is 1. The summed E-state index contributed by atoms with van der Waals surface area (Å²) in [4.78, 5) is 14.1. The zero-order valence-corrected chi connectivity index (χ0v) is 11.2. The fourth-order valence-corrected chi connectivity index (χ4v) is 1.76. The first kappa shape index (κ1) is 14.2. The monoisotopic (exact) mass is 294 g/mol. The number of hydrogen-bond acceptors (Lipinski definition) is 5. The number of nitro groups is 1. The summed E-state index contributed by atoms with van der Waals surface area (Å²) >= 11 is 5.78. The van der Waals surface area contributed by atoms with E-state index < -0.39 is 11.0 Å². The van der Waals surface area contributed by atoms with Crippen LogP contribution in [0.1, 0.15) is 18.6 Å². The molecule has 1 aromatic carbocycles. The Morgan fingerprint density at radius 1 is 1.40 bits per heavy atom. The van der Waals surface area contributed by atoms with Crippen LogP contribution in [0, 0.1) is 10.1 Å². The van der Waals surface area contributed by atoms with Crippen LogP contribution >= 0.6 is 11.6 Å². The third-order valence-electron chi connectivity index (χ3n) is 2.58. The third kappa shape index (κ3) is 3.23. The molecule has 0 aliphatic carbocycles. The molecule has 2 aromatic rings. The maximum atomic E-state index is 10.6. The normalized spacial score (nSPS) is 11.9. The van der Waals surface area contributed by atoms with Crippen LogP contribution in [0.4, 0.5) is 5.69 Å². The molecule has 20 heavy (non-hydrogen) atoms. The highest BCUT2D eigenvalue weighted by Gasteiger charge is 2.13. The zero-order valence-electron chi connectivity index (χ0n) is 10.5. The second kappa shape index (κ2) is 5.85. The van der Waals surface area contributed by atoms with E-state index in [-0.39, 0.29) is 10.7 Å². The first-order valence-corrected chi connectivity index (χ1v) is 6.11. The number of nitrogens with zero attached hydrogens (tertiary/aromatic N) is 2. The molecule has 1 N–H and O–H groups in total. The zero-order chi connectivity index (χ0) is 14.7. The lowest BCUT2D eigenvalue weighted by Gasteiger charge is -2.07. The molecule has 7 heteroatoms. The van der Waals surface area contributed by atoms with Crippen molar-refractivity contribution < 1.29 is 14.8 Å². The number of benzene rings is 1. The summed E-state index contributed by atoms with van der Waals surface area (Å²) in [6.07, 6.45) is 0.887. The topological polar surface area (TPSA) is 85.5 Å². The summed E-state index contributed by atoms with van der Waals surface area (Å²) in [6.45, 7) is 1.63. The molecular formula is C13H11ClN2O4.